The van der Waals surface area contributed by atoms with E-state index in [1.54, 1.807) is 4.68 Å². The van der Waals surface area contributed by atoms with E-state index >= 15 is 0 Å². The number of nitrogens with zero attached hydrogens (tertiary/aromatic N) is 2. The molecule has 146 valence electrons. The summed E-state index contributed by atoms with van der Waals surface area (Å²) in [7, 11) is 1.31. The van der Waals surface area contributed by atoms with Crippen LogP contribution in [0.15, 0.2) is 79.1 Å². The van der Waals surface area contributed by atoms with Crippen LogP contribution in [-0.2, 0) is 9.53 Å². The van der Waals surface area contributed by atoms with Gasteiger partial charge in [0.1, 0.15) is 5.92 Å². The van der Waals surface area contributed by atoms with E-state index in [4.69, 9.17) is 9.84 Å². The molecular formula is C22H20N4O3. The van der Waals surface area contributed by atoms with Gasteiger partial charge in [-0.2, -0.15) is 5.10 Å². The van der Waals surface area contributed by atoms with Crippen LogP contribution >= 0.6 is 0 Å². The van der Waals surface area contributed by atoms with E-state index in [-0.39, 0.29) is 5.70 Å². The summed E-state index contributed by atoms with van der Waals surface area (Å²) in [4.78, 5) is 24.7. The second-order valence-corrected chi connectivity index (χ2v) is 6.68. The van der Waals surface area contributed by atoms with Crippen LogP contribution in [0.3, 0.4) is 0 Å². The minimum atomic E-state index is -0.784. The van der Waals surface area contributed by atoms with Crippen LogP contribution in [-0.4, -0.2) is 28.9 Å². The molecule has 1 aromatic heterocycles. The summed E-state index contributed by atoms with van der Waals surface area (Å²) in [5.74, 6) is -1.27. The summed E-state index contributed by atoms with van der Waals surface area (Å²) >= 11 is 0. The number of hydrogen-bond donors (Lipinski definition) is 2. The molecule has 1 saturated heterocycles. The van der Waals surface area contributed by atoms with Crippen molar-refractivity contribution in [3.63, 3.8) is 0 Å². The van der Waals surface area contributed by atoms with Gasteiger partial charge < -0.3 is 15.4 Å². The van der Waals surface area contributed by atoms with Gasteiger partial charge in [0.25, 0.3) is 0 Å². The van der Waals surface area contributed by atoms with E-state index in [2.05, 4.69) is 17.2 Å². The first-order valence-electron chi connectivity index (χ1n) is 9.13. The zero-order chi connectivity index (χ0) is 20.4. The van der Waals surface area contributed by atoms with Crippen molar-refractivity contribution < 1.29 is 14.3 Å². The van der Waals surface area contributed by atoms with E-state index in [1.165, 1.54) is 7.11 Å². The number of aromatic nitrogens is 2. The smallest absolute Gasteiger partial charge is 0.319 e. The minimum Gasteiger partial charge on any atom is -0.468 e. The number of benzene rings is 2. The highest BCUT2D eigenvalue weighted by Crippen LogP contribution is 2.36. The van der Waals surface area contributed by atoms with Crippen molar-refractivity contribution in [1.82, 2.24) is 20.4 Å². The Kier molecular flexibility index (Phi) is 4.87. The number of ether oxygens (including phenoxy) is 1. The quantitative estimate of drug-likeness (QED) is 0.672. The third-order valence-electron chi connectivity index (χ3n) is 4.87. The zero-order valence-corrected chi connectivity index (χ0v) is 15.8. The minimum absolute atomic E-state index is 0.289. The summed E-state index contributed by atoms with van der Waals surface area (Å²) in [6.45, 7) is 3.86. The Labute approximate surface area is 168 Å². The van der Waals surface area contributed by atoms with Crippen LogP contribution < -0.4 is 10.6 Å². The summed E-state index contributed by atoms with van der Waals surface area (Å²) in [5.41, 5.74) is 3.40. The molecule has 4 rings (SSSR count). The lowest BCUT2D eigenvalue weighted by Gasteiger charge is -2.32. The van der Waals surface area contributed by atoms with Crippen LogP contribution in [0, 0.1) is 5.92 Å². The van der Waals surface area contributed by atoms with Crippen LogP contribution in [0.4, 0.5) is 4.79 Å². The Balaban J connectivity index is 1.88. The Morgan fingerprint density at radius 1 is 1.10 bits per heavy atom. The van der Waals surface area contributed by atoms with Crippen molar-refractivity contribution in [2.75, 3.05) is 7.11 Å². The lowest BCUT2D eigenvalue weighted by Crippen LogP contribution is -2.51. The van der Waals surface area contributed by atoms with Gasteiger partial charge in [-0.25, -0.2) is 9.48 Å². The highest BCUT2D eigenvalue weighted by Gasteiger charge is 2.40. The molecule has 1 fully saturated rings. The first-order valence-corrected chi connectivity index (χ1v) is 9.13. The second-order valence-electron chi connectivity index (χ2n) is 6.68. The lowest BCUT2D eigenvalue weighted by molar-refractivity contribution is -0.145. The molecule has 2 amide bonds. The molecule has 0 saturated carbocycles. The molecule has 2 aromatic carbocycles. The standard InChI is InChI=1S/C22H20N4O3/c1-14-18(21(27)29-2)20(24-22(28)23-14)17-13-26(16-11-7-4-8-12-16)25-19(17)15-9-5-3-6-10-15/h3-13,18,20H,1H2,2H3,(H2,23,24,28)/t18-,20+/m1/s1. The maximum atomic E-state index is 12.5. The molecule has 2 N–H and O–H groups in total. The number of rotatable bonds is 4. The molecule has 0 unspecified atom stereocenters. The van der Waals surface area contributed by atoms with Gasteiger partial charge in [0, 0.05) is 23.0 Å². The molecule has 2 atom stereocenters. The number of urea groups is 1. The monoisotopic (exact) mass is 388 g/mol. The van der Waals surface area contributed by atoms with Crippen molar-refractivity contribution in [2.45, 2.75) is 6.04 Å². The Morgan fingerprint density at radius 3 is 2.41 bits per heavy atom. The van der Waals surface area contributed by atoms with Crippen molar-refractivity contribution in [1.29, 1.82) is 0 Å². The predicted molar refractivity (Wildman–Crippen MR) is 108 cm³/mol. The van der Waals surface area contributed by atoms with E-state index in [0.717, 1.165) is 11.3 Å². The van der Waals surface area contributed by atoms with Gasteiger partial charge in [0.05, 0.1) is 24.5 Å². The van der Waals surface area contributed by atoms with E-state index in [0.29, 0.717) is 11.3 Å². The highest BCUT2D eigenvalue weighted by atomic mass is 16.5. The zero-order valence-electron chi connectivity index (χ0n) is 15.8. The van der Waals surface area contributed by atoms with Crippen LogP contribution in [0.2, 0.25) is 0 Å². The summed E-state index contributed by atoms with van der Waals surface area (Å²) < 4.78 is 6.70. The van der Waals surface area contributed by atoms with Gasteiger partial charge in [-0.1, -0.05) is 55.1 Å². The summed E-state index contributed by atoms with van der Waals surface area (Å²) in [6, 6.07) is 18.2. The summed E-state index contributed by atoms with van der Waals surface area (Å²) in [6.07, 6.45) is 1.83. The van der Waals surface area contributed by atoms with Gasteiger partial charge in [-0.05, 0) is 12.1 Å². The van der Waals surface area contributed by atoms with Crippen LogP contribution in [0.5, 0.6) is 0 Å². The first kappa shape index (κ1) is 18.5. The largest absolute Gasteiger partial charge is 0.468 e. The Hall–Kier alpha value is -3.87. The maximum absolute atomic E-state index is 12.5. The third kappa shape index (κ3) is 3.50. The molecular weight excluding hydrogens is 368 g/mol. The van der Waals surface area contributed by atoms with Crippen LogP contribution in [0.25, 0.3) is 16.9 Å². The SMILES string of the molecule is C=C1NC(=O)N[C@@H](c2cn(-c3ccccc3)nc2-c2ccccc2)[C@@H]1C(=O)OC. The Bertz CT molecular complexity index is 1060. The van der Waals surface area contributed by atoms with Crippen molar-refractivity contribution >= 4 is 12.0 Å². The number of carbonyl (C=O) groups is 2. The molecule has 7 nitrogen and oxygen atoms in total. The number of para-hydroxylation sites is 1. The first-order chi connectivity index (χ1) is 14.1. The van der Waals surface area contributed by atoms with Gasteiger partial charge in [0.15, 0.2) is 0 Å². The molecule has 29 heavy (non-hydrogen) atoms. The fourth-order valence-corrected chi connectivity index (χ4v) is 3.50. The number of amides is 2. The Morgan fingerprint density at radius 2 is 1.76 bits per heavy atom. The molecule has 1 aliphatic rings. The number of nitrogens with one attached hydrogen (secondary N) is 2. The third-order valence-corrected chi connectivity index (χ3v) is 4.87. The molecule has 3 aromatic rings. The van der Waals surface area contributed by atoms with E-state index < -0.39 is 24.0 Å². The maximum Gasteiger partial charge on any atom is 0.319 e. The average molecular weight is 388 g/mol. The molecule has 1 aliphatic heterocycles. The topological polar surface area (TPSA) is 85.3 Å². The van der Waals surface area contributed by atoms with Crippen molar-refractivity contribution in [3.05, 3.63) is 84.7 Å². The molecule has 0 bridgehead atoms. The van der Waals surface area contributed by atoms with Gasteiger partial charge >= 0.3 is 12.0 Å². The molecule has 2 heterocycles. The molecule has 0 spiro atoms. The van der Waals surface area contributed by atoms with Gasteiger partial charge in [-0.15, -0.1) is 0 Å². The van der Waals surface area contributed by atoms with Crippen LogP contribution in [0.1, 0.15) is 11.6 Å². The van der Waals surface area contributed by atoms with E-state index in [1.807, 2.05) is 66.9 Å². The lowest BCUT2D eigenvalue weighted by atomic mass is 9.88. The number of esters is 1. The number of carbonyl (C=O) groups excluding carboxylic acids is 2. The predicted octanol–water partition coefficient (Wildman–Crippen LogP) is 3.20. The van der Waals surface area contributed by atoms with E-state index in [9.17, 15) is 9.59 Å². The van der Waals surface area contributed by atoms with Gasteiger partial charge in [0.2, 0.25) is 0 Å². The van der Waals surface area contributed by atoms with Crippen molar-refractivity contribution in [2.24, 2.45) is 5.92 Å². The summed E-state index contributed by atoms with van der Waals surface area (Å²) in [5, 5.41) is 10.2. The fraction of sp³-hybridized carbons (Fsp3) is 0.136. The molecule has 0 aliphatic carbocycles. The number of methoxy groups -OCH3 is 1. The highest BCUT2D eigenvalue weighted by molar-refractivity contribution is 5.86. The fourth-order valence-electron chi connectivity index (χ4n) is 3.50. The van der Waals surface area contributed by atoms with Gasteiger partial charge in [-0.3, -0.25) is 4.79 Å². The second kappa shape index (κ2) is 7.63. The molecule has 7 heteroatoms. The average Bonchev–Trinajstić information content (AvgIpc) is 3.19. The normalized spacial score (nSPS) is 18.7. The molecule has 0 radical (unpaired) electrons. The number of hydrogen-bond acceptors (Lipinski definition) is 4. The van der Waals surface area contributed by atoms with Crippen molar-refractivity contribution in [3.8, 4) is 16.9 Å².